The van der Waals surface area contributed by atoms with Gasteiger partial charge in [0.05, 0.1) is 0 Å². The molecule has 0 aliphatic heterocycles. The normalized spacial score (nSPS) is 12.7. The molecule has 96 valence electrons. The molecule has 1 rings (SSSR count). The van der Waals surface area contributed by atoms with Gasteiger partial charge in [0.1, 0.15) is 5.82 Å². The first-order valence-corrected chi connectivity index (χ1v) is 5.99. The van der Waals surface area contributed by atoms with E-state index in [4.69, 9.17) is 10.6 Å². The van der Waals surface area contributed by atoms with Gasteiger partial charge in [-0.1, -0.05) is 13.0 Å². The molecule has 17 heavy (non-hydrogen) atoms. The molecule has 0 saturated carbocycles. The molecule has 1 aromatic rings. The van der Waals surface area contributed by atoms with E-state index in [-0.39, 0.29) is 11.9 Å². The Balaban J connectivity index is 2.62. The number of nitrogens with two attached hydrogens (primary N) is 1. The fourth-order valence-corrected chi connectivity index (χ4v) is 1.76. The third-order valence-electron chi connectivity index (χ3n) is 2.72. The van der Waals surface area contributed by atoms with Gasteiger partial charge >= 0.3 is 0 Å². The minimum Gasteiger partial charge on any atom is -0.381 e. The molecule has 0 bridgehead atoms. The van der Waals surface area contributed by atoms with Crippen molar-refractivity contribution in [2.45, 2.75) is 32.7 Å². The lowest BCUT2D eigenvalue weighted by Gasteiger charge is -2.18. The van der Waals surface area contributed by atoms with Gasteiger partial charge in [-0.05, 0) is 43.0 Å². The minimum absolute atomic E-state index is 0.0671. The van der Waals surface area contributed by atoms with Crippen LogP contribution in [-0.2, 0) is 4.74 Å². The lowest BCUT2D eigenvalue weighted by atomic mass is 9.99. The summed E-state index contributed by atoms with van der Waals surface area (Å²) < 4.78 is 18.6. The minimum atomic E-state index is -0.236. The Labute approximate surface area is 102 Å². The van der Waals surface area contributed by atoms with E-state index in [1.807, 2.05) is 6.92 Å². The number of rotatable bonds is 7. The summed E-state index contributed by atoms with van der Waals surface area (Å²) in [7, 11) is 0. The first-order valence-electron chi connectivity index (χ1n) is 5.99. The average Bonchev–Trinajstić information content (AvgIpc) is 2.33. The van der Waals surface area contributed by atoms with Gasteiger partial charge in [-0.25, -0.2) is 4.39 Å². The molecule has 4 heteroatoms. The van der Waals surface area contributed by atoms with Crippen molar-refractivity contribution in [3.63, 3.8) is 0 Å². The number of aryl methyl sites for hydroxylation is 1. The van der Waals surface area contributed by atoms with Crippen molar-refractivity contribution in [2.75, 3.05) is 13.2 Å². The van der Waals surface area contributed by atoms with Gasteiger partial charge in [0.2, 0.25) is 0 Å². The Morgan fingerprint density at radius 1 is 1.41 bits per heavy atom. The van der Waals surface area contributed by atoms with Gasteiger partial charge in [0.15, 0.2) is 0 Å². The van der Waals surface area contributed by atoms with Crippen LogP contribution < -0.4 is 11.3 Å². The molecular weight excluding hydrogens is 219 g/mol. The lowest BCUT2D eigenvalue weighted by molar-refractivity contribution is 0.124. The molecule has 0 saturated heterocycles. The van der Waals surface area contributed by atoms with Crippen molar-refractivity contribution in [3.8, 4) is 0 Å². The molecule has 0 amide bonds. The van der Waals surface area contributed by atoms with E-state index in [2.05, 4.69) is 12.3 Å². The smallest absolute Gasteiger partial charge is 0.123 e. The maximum absolute atomic E-state index is 13.2. The Kier molecular flexibility index (Phi) is 6.11. The molecule has 1 unspecified atom stereocenters. The summed E-state index contributed by atoms with van der Waals surface area (Å²) in [6.07, 6.45) is 1.74. The zero-order valence-corrected chi connectivity index (χ0v) is 10.5. The van der Waals surface area contributed by atoms with Gasteiger partial charge in [-0.3, -0.25) is 11.3 Å². The topological polar surface area (TPSA) is 47.3 Å². The zero-order valence-electron chi connectivity index (χ0n) is 10.5. The molecular formula is C13H21FN2O. The monoisotopic (exact) mass is 240 g/mol. The fourth-order valence-electron chi connectivity index (χ4n) is 1.76. The number of hydrazine groups is 1. The molecule has 0 fully saturated rings. The highest BCUT2D eigenvalue weighted by molar-refractivity contribution is 5.29. The van der Waals surface area contributed by atoms with E-state index >= 15 is 0 Å². The largest absolute Gasteiger partial charge is 0.381 e. The van der Waals surface area contributed by atoms with Crippen LogP contribution in [0.15, 0.2) is 18.2 Å². The molecule has 0 aliphatic carbocycles. The number of nitrogens with one attached hydrogen (secondary N) is 1. The van der Waals surface area contributed by atoms with Crippen molar-refractivity contribution < 1.29 is 9.13 Å². The van der Waals surface area contributed by atoms with Crippen LogP contribution in [0.5, 0.6) is 0 Å². The second-order valence-electron chi connectivity index (χ2n) is 4.12. The van der Waals surface area contributed by atoms with Gasteiger partial charge in [0, 0.05) is 19.3 Å². The molecule has 0 aliphatic rings. The SMILES string of the molecule is CCCOCCC(NN)c1cc(F)ccc1C. The summed E-state index contributed by atoms with van der Waals surface area (Å²) in [5, 5.41) is 0. The Morgan fingerprint density at radius 2 is 2.18 bits per heavy atom. The Morgan fingerprint density at radius 3 is 2.82 bits per heavy atom. The fraction of sp³-hybridized carbons (Fsp3) is 0.538. The van der Waals surface area contributed by atoms with Gasteiger partial charge in [0.25, 0.3) is 0 Å². The van der Waals surface area contributed by atoms with Crippen molar-refractivity contribution in [2.24, 2.45) is 5.84 Å². The number of ether oxygens (including phenoxy) is 1. The first-order chi connectivity index (χ1) is 8.19. The predicted molar refractivity (Wildman–Crippen MR) is 66.9 cm³/mol. The summed E-state index contributed by atoms with van der Waals surface area (Å²) in [4.78, 5) is 0. The van der Waals surface area contributed by atoms with Gasteiger partial charge in [-0.2, -0.15) is 0 Å². The third-order valence-corrected chi connectivity index (χ3v) is 2.72. The Bertz CT molecular complexity index is 344. The molecule has 3 N–H and O–H groups in total. The van der Waals surface area contributed by atoms with Crippen LogP contribution in [-0.4, -0.2) is 13.2 Å². The van der Waals surface area contributed by atoms with Crippen LogP contribution in [0.2, 0.25) is 0 Å². The quantitative estimate of drug-likeness (QED) is 0.437. The highest BCUT2D eigenvalue weighted by Gasteiger charge is 2.12. The summed E-state index contributed by atoms with van der Waals surface area (Å²) in [6, 6.07) is 4.68. The van der Waals surface area contributed by atoms with Crippen LogP contribution >= 0.6 is 0 Å². The van der Waals surface area contributed by atoms with E-state index < -0.39 is 0 Å². The average molecular weight is 240 g/mol. The van der Waals surface area contributed by atoms with Crippen LogP contribution in [0, 0.1) is 12.7 Å². The highest BCUT2D eigenvalue weighted by Crippen LogP contribution is 2.21. The van der Waals surface area contributed by atoms with E-state index in [0.717, 1.165) is 30.6 Å². The second-order valence-corrected chi connectivity index (χ2v) is 4.12. The number of halogens is 1. The maximum atomic E-state index is 13.2. The maximum Gasteiger partial charge on any atom is 0.123 e. The Hall–Kier alpha value is -0.970. The van der Waals surface area contributed by atoms with Crippen molar-refractivity contribution in [1.29, 1.82) is 0 Å². The first kappa shape index (κ1) is 14.1. The van der Waals surface area contributed by atoms with Gasteiger partial charge < -0.3 is 4.74 Å². The van der Waals surface area contributed by atoms with Gasteiger partial charge in [-0.15, -0.1) is 0 Å². The van der Waals surface area contributed by atoms with E-state index in [1.54, 1.807) is 6.07 Å². The molecule has 0 spiro atoms. The predicted octanol–water partition coefficient (Wildman–Crippen LogP) is 2.46. The molecule has 0 aromatic heterocycles. The molecule has 0 radical (unpaired) electrons. The van der Waals surface area contributed by atoms with Crippen molar-refractivity contribution in [1.82, 2.24) is 5.43 Å². The summed E-state index contributed by atoms with van der Waals surface area (Å²) in [5.41, 5.74) is 4.64. The van der Waals surface area contributed by atoms with E-state index in [9.17, 15) is 4.39 Å². The highest BCUT2D eigenvalue weighted by atomic mass is 19.1. The number of hydrogen-bond acceptors (Lipinski definition) is 3. The third kappa shape index (κ3) is 4.42. The van der Waals surface area contributed by atoms with Crippen LogP contribution in [0.3, 0.4) is 0 Å². The standard InChI is InChI=1S/C13H21FN2O/c1-3-7-17-8-6-13(16-15)12-9-11(14)5-4-10(12)2/h4-5,9,13,16H,3,6-8,15H2,1-2H3. The van der Waals surface area contributed by atoms with Crippen molar-refractivity contribution >= 4 is 0 Å². The second kappa shape index (κ2) is 7.37. The molecule has 1 aromatic carbocycles. The van der Waals surface area contributed by atoms with E-state index in [1.165, 1.54) is 12.1 Å². The van der Waals surface area contributed by atoms with Crippen LogP contribution in [0.25, 0.3) is 0 Å². The van der Waals surface area contributed by atoms with E-state index in [0.29, 0.717) is 6.61 Å². The molecule has 3 nitrogen and oxygen atoms in total. The van der Waals surface area contributed by atoms with Crippen LogP contribution in [0.4, 0.5) is 4.39 Å². The summed E-state index contributed by atoms with van der Waals surface area (Å²) in [5.74, 6) is 5.27. The molecule has 1 atom stereocenters. The summed E-state index contributed by atoms with van der Waals surface area (Å²) >= 11 is 0. The number of hydrogen-bond donors (Lipinski definition) is 2. The zero-order chi connectivity index (χ0) is 12.7. The lowest BCUT2D eigenvalue weighted by Crippen LogP contribution is -2.29. The summed E-state index contributed by atoms with van der Waals surface area (Å²) in [6.45, 7) is 5.39. The number of benzene rings is 1. The van der Waals surface area contributed by atoms with Crippen molar-refractivity contribution in [3.05, 3.63) is 35.1 Å². The van der Waals surface area contributed by atoms with Crippen LogP contribution in [0.1, 0.15) is 36.9 Å². The molecule has 0 heterocycles.